The molecule has 3 nitrogen and oxygen atoms in total. The quantitative estimate of drug-likeness (QED) is 0.896. The third kappa shape index (κ3) is 2.69. The normalized spacial score (nSPS) is 10.4. The zero-order chi connectivity index (χ0) is 13.1. The first-order valence-electron chi connectivity index (χ1n) is 5.83. The Morgan fingerprint density at radius 1 is 1.39 bits per heavy atom. The summed E-state index contributed by atoms with van der Waals surface area (Å²) in [6, 6.07) is 7.98. The van der Waals surface area contributed by atoms with Gasteiger partial charge in [0.05, 0.1) is 16.9 Å². The van der Waals surface area contributed by atoms with Gasteiger partial charge >= 0.3 is 0 Å². The molecule has 2 rings (SSSR count). The minimum atomic E-state index is 0.422. The van der Waals surface area contributed by atoms with E-state index in [0.717, 1.165) is 22.1 Å². The molecule has 1 aromatic carbocycles. The molecule has 0 saturated carbocycles. The molecule has 0 radical (unpaired) electrons. The second-order valence-electron chi connectivity index (χ2n) is 4.52. The van der Waals surface area contributed by atoms with Crippen LogP contribution in [0.2, 0.25) is 0 Å². The molecule has 92 valence electrons. The summed E-state index contributed by atoms with van der Waals surface area (Å²) in [4.78, 5) is 4.50. The van der Waals surface area contributed by atoms with E-state index in [2.05, 4.69) is 30.2 Å². The van der Waals surface area contributed by atoms with E-state index in [1.807, 2.05) is 30.5 Å². The topological polar surface area (TPSA) is 48.7 Å². The Morgan fingerprint density at radius 2 is 2.17 bits per heavy atom. The summed E-state index contributed by atoms with van der Waals surface area (Å²) >= 11 is 1.56. The lowest BCUT2D eigenvalue weighted by Crippen LogP contribution is -1.95. The number of nitriles is 1. The monoisotopic (exact) mass is 257 g/mol. The van der Waals surface area contributed by atoms with E-state index in [9.17, 15) is 0 Å². The summed E-state index contributed by atoms with van der Waals surface area (Å²) in [7, 11) is 0. The maximum Gasteiger partial charge on any atom is 0.187 e. The van der Waals surface area contributed by atoms with Crippen molar-refractivity contribution in [2.24, 2.45) is 0 Å². The Bertz CT molecular complexity index is 593. The smallest absolute Gasteiger partial charge is 0.187 e. The standard InChI is InChI=1S/C14H15N3S/c1-9(2)13-8-18-14(17-13)16-12-5-4-10(3)6-11(12)7-15/h4-6,8-9H,1-3H3,(H,16,17). The zero-order valence-electron chi connectivity index (χ0n) is 10.7. The SMILES string of the molecule is Cc1ccc(Nc2nc(C(C)C)cs2)c(C#N)c1. The molecule has 0 aliphatic carbocycles. The summed E-state index contributed by atoms with van der Waals surface area (Å²) in [6.45, 7) is 6.21. The van der Waals surface area contributed by atoms with Crippen molar-refractivity contribution in [1.82, 2.24) is 4.98 Å². The Morgan fingerprint density at radius 3 is 2.78 bits per heavy atom. The van der Waals surface area contributed by atoms with Gasteiger partial charge in [-0.2, -0.15) is 5.26 Å². The first kappa shape index (κ1) is 12.6. The van der Waals surface area contributed by atoms with E-state index in [-0.39, 0.29) is 0 Å². The van der Waals surface area contributed by atoms with Gasteiger partial charge in [-0.05, 0) is 30.5 Å². The average Bonchev–Trinajstić information content (AvgIpc) is 2.80. The average molecular weight is 257 g/mol. The highest BCUT2D eigenvalue weighted by molar-refractivity contribution is 7.13. The number of nitrogens with zero attached hydrogens (tertiary/aromatic N) is 2. The van der Waals surface area contributed by atoms with E-state index < -0.39 is 0 Å². The fraction of sp³-hybridized carbons (Fsp3) is 0.286. The molecule has 0 aliphatic heterocycles. The van der Waals surface area contributed by atoms with Gasteiger partial charge in [0.25, 0.3) is 0 Å². The number of benzene rings is 1. The van der Waals surface area contributed by atoms with E-state index in [1.165, 1.54) is 0 Å². The lowest BCUT2D eigenvalue weighted by molar-refractivity contribution is 0.834. The molecule has 1 aromatic heterocycles. The molecule has 4 heteroatoms. The Balaban J connectivity index is 2.26. The largest absolute Gasteiger partial charge is 0.330 e. The molecule has 0 unspecified atom stereocenters. The van der Waals surface area contributed by atoms with Crippen molar-refractivity contribution in [3.63, 3.8) is 0 Å². The number of aryl methyl sites for hydroxylation is 1. The van der Waals surface area contributed by atoms with Crippen molar-refractivity contribution in [2.75, 3.05) is 5.32 Å². The van der Waals surface area contributed by atoms with Crippen molar-refractivity contribution < 1.29 is 0 Å². The molecule has 1 N–H and O–H groups in total. The van der Waals surface area contributed by atoms with Crippen LogP contribution in [0.15, 0.2) is 23.6 Å². The highest BCUT2D eigenvalue weighted by atomic mass is 32.1. The highest BCUT2D eigenvalue weighted by Crippen LogP contribution is 2.26. The maximum atomic E-state index is 9.11. The summed E-state index contributed by atoms with van der Waals surface area (Å²) in [5, 5.41) is 15.2. The van der Waals surface area contributed by atoms with Crippen LogP contribution in [0, 0.1) is 18.3 Å². The minimum absolute atomic E-state index is 0.422. The Kier molecular flexibility index (Phi) is 3.63. The molecule has 0 bridgehead atoms. The number of hydrogen-bond donors (Lipinski definition) is 1. The number of anilines is 2. The number of thiazole rings is 1. The molecule has 0 aliphatic rings. The van der Waals surface area contributed by atoms with E-state index in [0.29, 0.717) is 11.5 Å². The predicted octanol–water partition coefficient (Wildman–Crippen LogP) is 4.19. The molecule has 0 atom stereocenters. The summed E-state index contributed by atoms with van der Waals surface area (Å²) in [5.41, 5.74) is 3.62. The lowest BCUT2D eigenvalue weighted by atomic mass is 10.1. The third-order valence-corrected chi connectivity index (χ3v) is 3.43. The van der Waals surface area contributed by atoms with Gasteiger partial charge in [0.2, 0.25) is 0 Å². The van der Waals surface area contributed by atoms with Crippen LogP contribution in [0.5, 0.6) is 0 Å². The first-order chi connectivity index (χ1) is 8.60. The molecule has 0 amide bonds. The van der Waals surface area contributed by atoms with Crippen molar-refractivity contribution in [3.8, 4) is 6.07 Å². The summed E-state index contributed by atoms with van der Waals surface area (Å²) in [6.07, 6.45) is 0. The molecular weight excluding hydrogens is 242 g/mol. The van der Waals surface area contributed by atoms with Gasteiger partial charge in [-0.1, -0.05) is 19.9 Å². The number of rotatable bonds is 3. The molecule has 0 saturated heterocycles. The van der Waals surface area contributed by atoms with Crippen LogP contribution in [0.25, 0.3) is 0 Å². The number of aromatic nitrogens is 1. The van der Waals surface area contributed by atoms with Gasteiger partial charge in [-0.15, -0.1) is 11.3 Å². The second kappa shape index (κ2) is 5.19. The minimum Gasteiger partial charge on any atom is -0.330 e. The van der Waals surface area contributed by atoms with Crippen LogP contribution in [0.3, 0.4) is 0 Å². The molecular formula is C14H15N3S. The van der Waals surface area contributed by atoms with Crippen molar-refractivity contribution in [3.05, 3.63) is 40.4 Å². The maximum absolute atomic E-state index is 9.11. The Labute approximate surface area is 111 Å². The third-order valence-electron chi connectivity index (χ3n) is 2.65. The van der Waals surface area contributed by atoms with Crippen LogP contribution < -0.4 is 5.32 Å². The zero-order valence-corrected chi connectivity index (χ0v) is 11.5. The van der Waals surface area contributed by atoms with Gasteiger partial charge in [0, 0.05) is 5.38 Å². The first-order valence-corrected chi connectivity index (χ1v) is 6.71. The molecule has 2 aromatic rings. The van der Waals surface area contributed by atoms with Crippen molar-refractivity contribution >= 4 is 22.2 Å². The van der Waals surface area contributed by atoms with Gasteiger partial charge in [-0.25, -0.2) is 4.98 Å². The summed E-state index contributed by atoms with van der Waals surface area (Å²) in [5.74, 6) is 0.422. The van der Waals surface area contributed by atoms with Gasteiger partial charge < -0.3 is 5.32 Å². The van der Waals surface area contributed by atoms with Crippen LogP contribution >= 0.6 is 11.3 Å². The molecule has 18 heavy (non-hydrogen) atoms. The number of hydrogen-bond acceptors (Lipinski definition) is 4. The van der Waals surface area contributed by atoms with Gasteiger partial charge in [-0.3, -0.25) is 0 Å². The molecule has 1 heterocycles. The molecule has 0 fully saturated rings. The van der Waals surface area contributed by atoms with Crippen LogP contribution in [0.1, 0.15) is 36.6 Å². The Hall–Kier alpha value is -1.86. The van der Waals surface area contributed by atoms with Crippen LogP contribution in [-0.4, -0.2) is 4.98 Å². The van der Waals surface area contributed by atoms with Crippen LogP contribution in [0.4, 0.5) is 10.8 Å². The van der Waals surface area contributed by atoms with Crippen molar-refractivity contribution in [2.45, 2.75) is 26.7 Å². The fourth-order valence-corrected chi connectivity index (χ4v) is 2.47. The summed E-state index contributed by atoms with van der Waals surface area (Å²) < 4.78 is 0. The van der Waals surface area contributed by atoms with Gasteiger partial charge in [0.15, 0.2) is 5.13 Å². The molecule has 0 spiro atoms. The lowest BCUT2D eigenvalue weighted by Gasteiger charge is -2.05. The van der Waals surface area contributed by atoms with E-state index >= 15 is 0 Å². The van der Waals surface area contributed by atoms with E-state index in [4.69, 9.17) is 5.26 Å². The van der Waals surface area contributed by atoms with E-state index in [1.54, 1.807) is 11.3 Å². The number of nitrogens with one attached hydrogen (secondary N) is 1. The highest BCUT2D eigenvalue weighted by Gasteiger charge is 2.08. The van der Waals surface area contributed by atoms with Gasteiger partial charge in [0.1, 0.15) is 6.07 Å². The predicted molar refractivity (Wildman–Crippen MR) is 75.4 cm³/mol. The van der Waals surface area contributed by atoms with Crippen LogP contribution in [-0.2, 0) is 0 Å². The van der Waals surface area contributed by atoms with Crippen molar-refractivity contribution in [1.29, 1.82) is 5.26 Å². The second-order valence-corrected chi connectivity index (χ2v) is 5.38. The fourth-order valence-electron chi connectivity index (χ4n) is 1.58.